The summed E-state index contributed by atoms with van der Waals surface area (Å²) in [5.74, 6) is -1.05. The molecule has 0 fully saturated rings. The third-order valence-electron chi connectivity index (χ3n) is 6.30. The maximum atomic E-state index is 10.2. The monoisotopic (exact) mass is 413 g/mol. The second-order valence-corrected chi connectivity index (χ2v) is 11.9. The van der Waals surface area contributed by atoms with Gasteiger partial charge in [0.2, 0.25) is 0 Å². The number of hydrogen-bond acceptors (Lipinski definition) is 3. The predicted octanol–water partition coefficient (Wildman–Crippen LogP) is 2.94. The molecule has 0 radical (unpaired) electrons. The van der Waals surface area contributed by atoms with Gasteiger partial charge >= 0.3 is 7.12 Å². The van der Waals surface area contributed by atoms with Crippen LogP contribution in [0.1, 0.15) is 20.3 Å². The molecule has 3 nitrogen and oxygen atoms in total. The minimum Gasteiger partial charge on any atom is -0.427 e. The van der Waals surface area contributed by atoms with Gasteiger partial charge in [-0.05, 0) is 21.1 Å². The smallest absolute Gasteiger partial charge is 0.427 e. The molecule has 3 aromatic carbocycles. The number of nitriles is 1. The molecule has 0 aliphatic rings. The van der Waals surface area contributed by atoms with Crippen LogP contribution in [0.2, 0.25) is 11.4 Å². The molecule has 3 aromatic rings. The lowest BCUT2D eigenvalue weighted by atomic mass is 9.66. The van der Waals surface area contributed by atoms with Crippen LogP contribution in [-0.2, 0) is 0 Å². The van der Waals surface area contributed by atoms with Gasteiger partial charge in [0.05, 0.1) is 6.07 Å². The summed E-state index contributed by atoms with van der Waals surface area (Å²) >= 11 is 0. The Bertz CT molecular complexity index is 864. The van der Waals surface area contributed by atoms with Crippen molar-refractivity contribution >= 4 is 30.8 Å². The lowest BCUT2D eigenvalue weighted by Gasteiger charge is -2.43. The zero-order chi connectivity index (χ0) is 21.6. The lowest BCUT2D eigenvalue weighted by molar-refractivity contribution is 0.364. The van der Waals surface area contributed by atoms with Crippen molar-refractivity contribution in [1.82, 2.24) is 0 Å². The molecule has 0 saturated heterocycles. The van der Waals surface area contributed by atoms with Crippen LogP contribution in [0.5, 0.6) is 0 Å². The van der Waals surface area contributed by atoms with Crippen molar-refractivity contribution in [2.24, 2.45) is 5.92 Å². The first kappa shape index (κ1) is 22.0. The SMILES string of the molecule is CCC(C(C#N)C(C)B(O)O)[Si](c1ccccc1)(c1ccccc1)c1ccccc1. The molecule has 152 valence electrons. The zero-order valence-electron chi connectivity index (χ0n) is 17.5. The molecule has 0 bridgehead atoms. The van der Waals surface area contributed by atoms with Crippen LogP contribution >= 0.6 is 0 Å². The molecule has 0 amide bonds. The normalized spacial score (nSPS) is 14.4. The molecule has 30 heavy (non-hydrogen) atoms. The second kappa shape index (κ2) is 9.90. The minimum absolute atomic E-state index is 0.0356. The van der Waals surface area contributed by atoms with E-state index in [1.807, 2.05) is 18.2 Å². The zero-order valence-corrected chi connectivity index (χ0v) is 18.5. The van der Waals surface area contributed by atoms with E-state index in [9.17, 15) is 15.3 Å². The van der Waals surface area contributed by atoms with Gasteiger partial charge in [-0.25, -0.2) is 0 Å². The van der Waals surface area contributed by atoms with Crippen LogP contribution in [0.3, 0.4) is 0 Å². The highest BCUT2D eigenvalue weighted by atomic mass is 28.3. The van der Waals surface area contributed by atoms with Gasteiger partial charge in [0, 0.05) is 11.7 Å². The van der Waals surface area contributed by atoms with E-state index in [-0.39, 0.29) is 5.54 Å². The van der Waals surface area contributed by atoms with Crippen molar-refractivity contribution in [2.45, 2.75) is 31.6 Å². The van der Waals surface area contributed by atoms with Crippen molar-refractivity contribution in [3.63, 3.8) is 0 Å². The Morgan fingerprint density at radius 3 is 1.43 bits per heavy atom. The third-order valence-corrected chi connectivity index (χ3v) is 11.9. The maximum absolute atomic E-state index is 10.2. The second-order valence-electron chi connectivity index (χ2n) is 7.85. The summed E-state index contributed by atoms with van der Waals surface area (Å²) in [7, 11) is -4.22. The van der Waals surface area contributed by atoms with Crippen molar-refractivity contribution in [1.29, 1.82) is 5.26 Å². The van der Waals surface area contributed by atoms with E-state index >= 15 is 0 Å². The molecular formula is C25H28BNO2Si. The third kappa shape index (κ3) is 3.99. The Morgan fingerprint density at radius 2 is 1.17 bits per heavy atom. The highest BCUT2D eigenvalue weighted by Crippen LogP contribution is 2.40. The summed E-state index contributed by atoms with van der Waals surface area (Å²) in [4.78, 5) is 0. The fraction of sp³-hybridized carbons (Fsp3) is 0.240. The fourth-order valence-electron chi connectivity index (χ4n) is 4.83. The summed E-state index contributed by atoms with van der Waals surface area (Å²) in [6, 6.07) is 33.9. The van der Waals surface area contributed by atoms with E-state index < -0.39 is 26.9 Å². The molecule has 0 aliphatic heterocycles. The van der Waals surface area contributed by atoms with Crippen molar-refractivity contribution in [2.75, 3.05) is 0 Å². The summed E-state index contributed by atoms with van der Waals surface area (Å²) in [5.41, 5.74) is -0.0356. The quantitative estimate of drug-likeness (QED) is 0.441. The molecule has 3 unspecified atom stereocenters. The Balaban J connectivity index is 2.40. The minimum atomic E-state index is -2.69. The highest BCUT2D eigenvalue weighted by Gasteiger charge is 2.50. The summed E-state index contributed by atoms with van der Waals surface area (Å²) in [6.07, 6.45) is 0.764. The van der Waals surface area contributed by atoms with Gasteiger partial charge < -0.3 is 10.0 Å². The van der Waals surface area contributed by atoms with Crippen molar-refractivity contribution in [3.05, 3.63) is 91.0 Å². The largest absolute Gasteiger partial charge is 0.455 e. The predicted molar refractivity (Wildman–Crippen MR) is 127 cm³/mol. The van der Waals surface area contributed by atoms with E-state index in [4.69, 9.17) is 0 Å². The van der Waals surface area contributed by atoms with Gasteiger partial charge in [0.25, 0.3) is 0 Å². The van der Waals surface area contributed by atoms with Crippen LogP contribution < -0.4 is 15.6 Å². The van der Waals surface area contributed by atoms with Gasteiger partial charge in [-0.2, -0.15) is 5.26 Å². The van der Waals surface area contributed by atoms with Crippen LogP contribution in [0.4, 0.5) is 0 Å². The Kier molecular flexibility index (Phi) is 7.28. The summed E-state index contributed by atoms with van der Waals surface area (Å²) in [6.45, 7) is 3.88. The van der Waals surface area contributed by atoms with Gasteiger partial charge in [-0.3, -0.25) is 0 Å². The fourth-order valence-corrected chi connectivity index (χ4v) is 10.8. The first-order chi connectivity index (χ1) is 14.6. The highest BCUT2D eigenvalue weighted by molar-refractivity contribution is 7.12. The van der Waals surface area contributed by atoms with Gasteiger partial charge in [0.1, 0.15) is 0 Å². The van der Waals surface area contributed by atoms with E-state index in [2.05, 4.69) is 85.8 Å². The average Bonchev–Trinajstić information content (AvgIpc) is 2.80. The molecule has 0 spiro atoms. The Hall–Kier alpha value is -2.65. The van der Waals surface area contributed by atoms with Crippen molar-refractivity contribution < 1.29 is 10.0 Å². The number of nitrogens with zero attached hydrogens (tertiary/aromatic N) is 1. The standard InChI is InChI=1S/C25H28BNO2Si/c1-3-25(24(19-27)20(2)26(28)29)30(21-13-7-4-8-14-21,22-15-9-5-10-16-22)23-17-11-6-12-18-23/h4-18,20,24-25,28-29H,3H2,1-2H3. The van der Waals surface area contributed by atoms with Crippen LogP contribution in [0, 0.1) is 17.2 Å². The summed E-state index contributed by atoms with van der Waals surface area (Å²) in [5, 5.41) is 33.8. The van der Waals surface area contributed by atoms with E-state index in [0.29, 0.717) is 0 Å². The van der Waals surface area contributed by atoms with E-state index in [0.717, 1.165) is 6.42 Å². The topological polar surface area (TPSA) is 64.2 Å². The molecule has 3 rings (SSSR count). The molecule has 2 N–H and O–H groups in total. The van der Waals surface area contributed by atoms with Gasteiger partial charge in [0.15, 0.2) is 8.07 Å². The van der Waals surface area contributed by atoms with Crippen LogP contribution in [0.15, 0.2) is 91.0 Å². The first-order valence-electron chi connectivity index (χ1n) is 10.5. The lowest BCUT2D eigenvalue weighted by Crippen LogP contribution is -2.71. The molecule has 0 heterocycles. The molecule has 3 atom stereocenters. The Morgan fingerprint density at radius 1 is 0.800 bits per heavy atom. The van der Waals surface area contributed by atoms with E-state index in [1.54, 1.807) is 6.92 Å². The number of hydrogen-bond donors (Lipinski definition) is 2. The molecule has 0 aliphatic carbocycles. The number of benzene rings is 3. The van der Waals surface area contributed by atoms with Crippen molar-refractivity contribution in [3.8, 4) is 6.07 Å². The molecular weight excluding hydrogens is 385 g/mol. The average molecular weight is 413 g/mol. The molecule has 0 aromatic heterocycles. The first-order valence-corrected chi connectivity index (χ1v) is 12.6. The van der Waals surface area contributed by atoms with E-state index in [1.165, 1.54) is 15.6 Å². The van der Waals surface area contributed by atoms with Gasteiger partial charge in [-0.1, -0.05) is 111 Å². The summed E-state index contributed by atoms with van der Waals surface area (Å²) < 4.78 is 0. The van der Waals surface area contributed by atoms with Crippen LogP contribution in [-0.4, -0.2) is 25.2 Å². The molecule has 0 saturated carbocycles. The number of rotatable bonds is 8. The van der Waals surface area contributed by atoms with Crippen LogP contribution in [0.25, 0.3) is 0 Å². The van der Waals surface area contributed by atoms with Gasteiger partial charge in [-0.15, -0.1) is 0 Å². The Labute approximate surface area is 180 Å². The maximum Gasteiger partial charge on any atom is 0.455 e. The molecule has 5 heteroatoms.